The molecule has 0 heterocycles. The van der Waals surface area contributed by atoms with Gasteiger partial charge in [0.2, 0.25) is 0 Å². The molecule has 0 saturated heterocycles. The lowest BCUT2D eigenvalue weighted by Gasteiger charge is -2.35. The van der Waals surface area contributed by atoms with Gasteiger partial charge in [-0.15, -0.1) is 0 Å². The molecule has 20 heavy (non-hydrogen) atoms. The van der Waals surface area contributed by atoms with E-state index in [-0.39, 0.29) is 0 Å². The van der Waals surface area contributed by atoms with Crippen LogP contribution in [0.2, 0.25) is 0 Å². The topological polar surface area (TPSA) is 19.9 Å². The first-order chi connectivity index (χ1) is 9.64. The third-order valence-electron chi connectivity index (χ3n) is 4.71. The summed E-state index contributed by atoms with van der Waals surface area (Å²) in [4.78, 5) is 0. The molecule has 0 aliphatic rings. The second-order valence-electron chi connectivity index (χ2n) is 6.61. The highest BCUT2D eigenvalue weighted by Gasteiger charge is 2.36. The number of unbranched alkanes of at least 4 members (excludes halogenated alkanes) is 5. The van der Waals surface area contributed by atoms with E-state index >= 15 is 0 Å². The molecule has 0 rings (SSSR count). The fraction of sp³-hybridized carbons (Fsp3) is 1.00. The Morgan fingerprint density at radius 2 is 1.10 bits per heavy atom. The lowest BCUT2D eigenvalue weighted by Crippen LogP contribution is -2.37. The highest BCUT2D eigenvalue weighted by molar-refractivity contribution is 4.86. The lowest BCUT2D eigenvalue weighted by molar-refractivity contribution is -0.0993. The van der Waals surface area contributed by atoms with Crippen molar-refractivity contribution in [1.82, 2.24) is 0 Å². The molecule has 0 N–H and O–H groups in total. The highest BCUT2D eigenvalue weighted by Crippen LogP contribution is 2.37. The molecule has 0 amide bonds. The average molecular weight is 284 g/mol. The van der Waals surface area contributed by atoms with Gasteiger partial charge in [-0.2, -0.15) is 0 Å². The zero-order valence-electron chi connectivity index (χ0n) is 14.7. The summed E-state index contributed by atoms with van der Waals surface area (Å²) in [6, 6.07) is 0. The Morgan fingerprint density at radius 1 is 0.650 bits per heavy atom. The molecule has 121 valence electrons. The first-order valence-corrected chi connectivity index (χ1v) is 9.34. The van der Waals surface area contributed by atoms with E-state index < -0.39 is 5.60 Å². The molecule has 0 aliphatic carbocycles. The summed E-state index contributed by atoms with van der Waals surface area (Å²) >= 11 is 0. The Kier molecular flexibility index (Phi) is 12.7. The van der Waals surface area contributed by atoms with E-state index in [1.165, 1.54) is 38.5 Å². The molecule has 1 heteroatoms. The van der Waals surface area contributed by atoms with Crippen molar-refractivity contribution in [3.8, 4) is 0 Å². The molecule has 1 atom stereocenters. The molecule has 0 saturated carbocycles. The first kappa shape index (κ1) is 20.0. The Hall–Kier alpha value is -0.0400. The largest absolute Gasteiger partial charge is 0.229 e. The molecule has 0 fully saturated rings. The molecule has 1 nitrogen and oxygen atoms in total. The van der Waals surface area contributed by atoms with Crippen molar-refractivity contribution in [2.75, 3.05) is 0 Å². The van der Waals surface area contributed by atoms with Crippen molar-refractivity contribution in [3.05, 3.63) is 0 Å². The predicted molar refractivity (Wildman–Crippen MR) is 89.6 cm³/mol. The zero-order valence-corrected chi connectivity index (χ0v) is 14.7. The van der Waals surface area contributed by atoms with E-state index in [1.807, 2.05) is 0 Å². The van der Waals surface area contributed by atoms with Crippen LogP contribution < -0.4 is 0 Å². The quantitative estimate of drug-likeness (QED) is 0.308. The predicted octanol–water partition coefficient (Wildman–Crippen LogP) is 6.92. The van der Waals surface area contributed by atoms with Crippen molar-refractivity contribution in [2.24, 2.45) is 5.92 Å². The fourth-order valence-corrected chi connectivity index (χ4v) is 3.25. The van der Waals surface area contributed by atoms with Crippen LogP contribution >= 0.6 is 0 Å². The molecular formula is C19H39O. The Morgan fingerprint density at radius 3 is 1.55 bits per heavy atom. The molecule has 0 bridgehead atoms. The summed E-state index contributed by atoms with van der Waals surface area (Å²) in [6.45, 7) is 8.91. The third-order valence-corrected chi connectivity index (χ3v) is 4.71. The summed E-state index contributed by atoms with van der Waals surface area (Å²) in [7, 11) is 0. The minimum Gasteiger partial charge on any atom is -0.229 e. The van der Waals surface area contributed by atoms with E-state index in [1.54, 1.807) is 0 Å². The van der Waals surface area contributed by atoms with Crippen molar-refractivity contribution < 1.29 is 5.11 Å². The number of hydrogen-bond donors (Lipinski definition) is 0. The SMILES string of the molecule is CCCCCC(CCCC)C([O])(CCCC)CCCC. The van der Waals surface area contributed by atoms with Crippen LogP contribution in [0.4, 0.5) is 0 Å². The maximum Gasteiger partial charge on any atom is 0.106 e. The van der Waals surface area contributed by atoms with E-state index in [0.717, 1.165) is 44.9 Å². The van der Waals surface area contributed by atoms with E-state index in [0.29, 0.717) is 5.92 Å². The van der Waals surface area contributed by atoms with Gasteiger partial charge >= 0.3 is 0 Å². The molecule has 0 aromatic carbocycles. The third kappa shape index (κ3) is 8.29. The summed E-state index contributed by atoms with van der Waals surface area (Å²) in [6.07, 6.45) is 15.0. The molecule has 0 aliphatic heterocycles. The van der Waals surface area contributed by atoms with Crippen molar-refractivity contribution in [1.29, 1.82) is 0 Å². The van der Waals surface area contributed by atoms with Crippen molar-refractivity contribution in [2.45, 2.75) is 117 Å². The van der Waals surface area contributed by atoms with Crippen LogP contribution in [0.1, 0.15) is 111 Å². The van der Waals surface area contributed by atoms with E-state index in [4.69, 9.17) is 0 Å². The fourth-order valence-electron chi connectivity index (χ4n) is 3.25. The van der Waals surface area contributed by atoms with Gasteiger partial charge in [-0.05, 0) is 31.6 Å². The molecule has 1 unspecified atom stereocenters. The monoisotopic (exact) mass is 283 g/mol. The second-order valence-corrected chi connectivity index (χ2v) is 6.61. The van der Waals surface area contributed by atoms with Crippen LogP contribution in [0.15, 0.2) is 0 Å². The van der Waals surface area contributed by atoms with Gasteiger partial charge < -0.3 is 0 Å². The standard InChI is InChI=1S/C19H39O/c1-5-9-13-15-18(14-10-6-2)19(20,16-11-7-3)17-12-8-4/h18H,5-17H2,1-4H3. The van der Waals surface area contributed by atoms with Gasteiger partial charge in [0.15, 0.2) is 0 Å². The molecule has 1 radical (unpaired) electrons. The van der Waals surface area contributed by atoms with Crippen LogP contribution in [0, 0.1) is 5.92 Å². The number of rotatable bonds is 14. The number of hydrogen-bond acceptors (Lipinski definition) is 0. The summed E-state index contributed by atoms with van der Waals surface area (Å²) in [5.74, 6) is 0.423. The van der Waals surface area contributed by atoms with Gasteiger partial charge in [0.25, 0.3) is 0 Å². The van der Waals surface area contributed by atoms with Crippen LogP contribution in [0.5, 0.6) is 0 Å². The van der Waals surface area contributed by atoms with Crippen molar-refractivity contribution >= 4 is 0 Å². The van der Waals surface area contributed by atoms with Gasteiger partial charge in [0, 0.05) is 0 Å². The smallest absolute Gasteiger partial charge is 0.106 e. The van der Waals surface area contributed by atoms with Crippen LogP contribution in [0.3, 0.4) is 0 Å². The summed E-state index contributed by atoms with van der Waals surface area (Å²) < 4.78 is 0. The maximum absolute atomic E-state index is 13.4. The Bertz CT molecular complexity index is 192. The van der Waals surface area contributed by atoms with E-state index in [2.05, 4.69) is 27.7 Å². The van der Waals surface area contributed by atoms with Gasteiger partial charge in [-0.3, -0.25) is 0 Å². The lowest BCUT2D eigenvalue weighted by atomic mass is 9.74. The van der Waals surface area contributed by atoms with Crippen molar-refractivity contribution in [3.63, 3.8) is 0 Å². The minimum absolute atomic E-state index is 0.423. The van der Waals surface area contributed by atoms with Crippen LogP contribution in [-0.2, 0) is 5.11 Å². The molecule has 0 aromatic heterocycles. The van der Waals surface area contributed by atoms with Crippen LogP contribution in [-0.4, -0.2) is 5.60 Å². The van der Waals surface area contributed by atoms with E-state index in [9.17, 15) is 5.11 Å². The van der Waals surface area contributed by atoms with Gasteiger partial charge in [-0.25, -0.2) is 5.11 Å². The van der Waals surface area contributed by atoms with Crippen LogP contribution in [0.25, 0.3) is 0 Å². The average Bonchev–Trinajstić information content (AvgIpc) is 2.46. The summed E-state index contributed by atoms with van der Waals surface area (Å²) in [5.41, 5.74) is -0.630. The van der Waals surface area contributed by atoms with Gasteiger partial charge in [-0.1, -0.05) is 85.5 Å². The highest BCUT2D eigenvalue weighted by atomic mass is 16.3. The normalized spacial score (nSPS) is 13.7. The minimum atomic E-state index is -0.630. The molecule has 0 spiro atoms. The summed E-state index contributed by atoms with van der Waals surface area (Å²) in [5, 5.41) is 13.4. The maximum atomic E-state index is 13.4. The van der Waals surface area contributed by atoms with Gasteiger partial charge in [0.05, 0.1) is 0 Å². The second kappa shape index (κ2) is 12.7. The molecular weight excluding hydrogens is 244 g/mol. The first-order valence-electron chi connectivity index (χ1n) is 9.34. The molecule has 0 aromatic rings. The van der Waals surface area contributed by atoms with Gasteiger partial charge in [0.1, 0.15) is 5.60 Å². The Balaban J connectivity index is 4.65. The Labute approximate surface area is 128 Å². The zero-order chi connectivity index (χ0) is 15.3.